The molecular formula is C16H20N2O2S2. The standard InChI is InChI=1S/C16H20N2O2S2/c1-3-10-21-16-17-14-13(15(19)18(16)8-9-20-2)11-6-4-5-7-12(11)22-14/h3H,1,4-10H2,2H3. The van der Waals surface area contributed by atoms with Gasteiger partial charge in [-0.25, -0.2) is 4.98 Å². The van der Waals surface area contributed by atoms with Crippen LogP contribution >= 0.6 is 23.1 Å². The first-order chi connectivity index (χ1) is 10.8. The van der Waals surface area contributed by atoms with Gasteiger partial charge in [0, 0.05) is 17.7 Å². The van der Waals surface area contributed by atoms with E-state index in [1.807, 2.05) is 6.08 Å². The van der Waals surface area contributed by atoms with Crippen molar-refractivity contribution in [1.82, 2.24) is 9.55 Å². The molecule has 0 spiro atoms. The Labute approximate surface area is 138 Å². The van der Waals surface area contributed by atoms with Crippen molar-refractivity contribution >= 4 is 33.3 Å². The van der Waals surface area contributed by atoms with E-state index in [2.05, 4.69) is 6.58 Å². The van der Waals surface area contributed by atoms with Gasteiger partial charge in [0.25, 0.3) is 5.56 Å². The third kappa shape index (κ3) is 2.87. The highest BCUT2D eigenvalue weighted by molar-refractivity contribution is 7.99. The molecule has 2 aromatic heterocycles. The number of nitrogens with zero attached hydrogens (tertiary/aromatic N) is 2. The topological polar surface area (TPSA) is 44.1 Å². The summed E-state index contributed by atoms with van der Waals surface area (Å²) in [6.07, 6.45) is 6.32. The summed E-state index contributed by atoms with van der Waals surface area (Å²) in [7, 11) is 1.65. The first kappa shape index (κ1) is 15.8. The number of thioether (sulfide) groups is 1. The molecule has 3 rings (SSSR count). The van der Waals surface area contributed by atoms with Crippen molar-refractivity contribution in [2.75, 3.05) is 19.5 Å². The molecule has 0 amide bonds. The van der Waals surface area contributed by atoms with E-state index in [1.54, 1.807) is 34.8 Å². The van der Waals surface area contributed by atoms with Crippen LogP contribution in [0.3, 0.4) is 0 Å². The average Bonchev–Trinajstić information content (AvgIpc) is 2.90. The number of fused-ring (bicyclic) bond motifs is 3. The number of aromatic nitrogens is 2. The van der Waals surface area contributed by atoms with Gasteiger partial charge in [0.1, 0.15) is 4.83 Å². The molecule has 0 saturated heterocycles. The molecule has 0 N–H and O–H groups in total. The van der Waals surface area contributed by atoms with Gasteiger partial charge in [-0.3, -0.25) is 9.36 Å². The predicted molar refractivity (Wildman–Crippen MR) is 93.3 cm³/mol. The smallest absolute Gasteiger partial charge is 0.263 e. The third-order valence-electron chi connectivity index (χ3n) is 3.89. The van der Waals surface area contributed by atoms with Crippen LogP contribution in [0, 0.1) is 0 Å². The molecule has 2 heterocycles. The second-order valence-electron chi connectivity index (χ2n) is 5.33. The molecule has 4 nitrogen and oxygen atoms in total. The maximum Gasteiger partial charge on any atom is 0.263 e. The maximum absolute atomic E-state index is 13.0. The first-order valence-corrected chi connectivity index (χ1v) is 9.34. The third-order valence-corrected chi connectivity index (χ3v) is 6.05. The van der Waals surface area contributed by atoms with Crippen LogP contribution in [-0.4, -0.2) is 29.0 Å². The van der Waals surface area contributed by atoms with E-state index in [9.17, 15) is 4.79 Å². The fourth-order valence-corrected chi connectivity index (χ4v) is 4.91. The molecule has 0 bridgehead atoms. The van der Waals surface area contributed by atoms with Crippen molar-refractivity contribution in [2.24, 2.45) is 0 Å². The van der Waals surface area contributed by atoms with E-state index >= 15 is 0 Å². The van der Waals surface area contributed by atoms with Crippen molar-refractivity contribution in [3.8, 4) is 0 Å². The number of hydrogen-bond acceptors (Lipinski definition) is 5. The Bertz CT molecular complexity index is 749. The lowest BCUT2D eigenvalue weighted by molar-refractivity contribution is 0.183. The van der Waals surface area contributed by atoms with Crippen molar-refractivity contribution in [2.45, 2.75) is 37.4 Å². The van der Waals surface area contributed by atoms with Gasteiger partial charge < -0.3 is 4.74 Å². The molecule has 0 aromatic carbocycles. The van der Waals surface area contributed by atoms with Crippen LogP contribution in [0.4, 0.5) is 0 Å². The molecular weight excluding hydrogens is 316 g/mol. The van der Waals surface area contributed by atoms with E-state index < -0.39 is 0 Å². The Morgan fingerprint density at radius 1 is 1.45 bits per heavy atom. The summed E-state index contributed by atoms with van der Waals surface area (Å²) in [6, 6.07) is 0. The van der Waals surface area contributed by atoms with Crippen LogP contribution in [0.1, 0.15) is 23.3 Å². The van der Waals surface area contributed by atoms with Gasteiger partial charge in [-0.15, -0.1) is 17.9 Å². The minimum absolute atomic E-state index is 0.0908. The van der Waals surface area contributed by atoms with Crippen LogP contribution in [0.2, 0.25) is 0 Å². The number of aryl methyl sites for hydroxylation is 2. The highest BCUT2D eigenvalue weighted by atomic mass is 32.2. The first-order valence-electron chi connectivity index (χ1n) is 7.54. The number of ether oxygens (including phenoxy) is 1. The Kier molecular flexibility index (Phi) is 5.00. The zero-order valence-corrected chi connectivity index (χ0v) is 14.4. The summed E-state index contributed by atoms with van der Waals surface area (Å²) >= 11 is 3.26. The van der Waals surface area contributed by atoms with Crippen LogP contribution < -0.4 is 5.56 Å². The molecule has 118 valence electrons. The van der Waals surface area contributed by atoms with E-state index in [1.165, 1.54) is 23.3 Å². The maximum atomic E-state index is 13.0. The Morgan fingerprint density at radius 3 is 3.05 bits per heavy atom. The molecule has 22 heavy (non-hydrogen) atoms. The summed E-state index contributed by atoms with van der Waals surface area (Å²) in [5.74, 6) is 0.746. The summed E-state index contributed by atoms with van der Waals surface area (Å²) in [4.78, 5) is 20.0. The highest BCUT2D eigenvalue weighted by Crippen LogP contribution is 2.34. The van der Waals surface area contributed by atoms with Crippen molar-refractivity contribution < 1.29 is 4.74 Å². The number of methoxy groups -OCH3 is 1. The fraction of sp³-hybridized carbons (Fsp3) is 0.500. The zero-order valence-electron chi connectivity index (χ0n) is 12.8. The minimum Gasteiger partial charge on any atom is -0.383 e. The van der Waals surface area contributed by atoms with Gasteiger partial charge in [-0.2, -0.15) is 0 Å². The second kappa shape index (κ2) is 6.98. The fourth-order valence-electron chi connectivity index (χ4n) is 2.84. The average molecular weight is 336 g/mol. The molecule has 0 atom stereocenters. The summed E-state index contributed by atoms with van der Waals surface area (Å²) in [6.45, 7) is 4.81. The second-order valence-corrected chi connectivity index (χ2v) is 7.41. The molecule has 2 aromatic rings. The monoisotopic (exact) mass is 336 g/mol. The van der Waals surface area contributed by atoms with E-state index in [0.29, 0.717) is 13.2 Å². The molecule has 0 unspecified atom stereocenters. The van der Waals surface area contributed by atoms with Crippen molar-refractivity contribution in [1.29, 1.82) is 0 Å². The van der Waals surface area contributed by atoms with Crippen LogP contribution in [0.5, 0.6) is 0 Å². The van der Waals surface area contributed by atoms with Crippen LogP contribution in [0.15, 0.2) is 22.6 Å². The minimum atomic E-state index is 0.0908. The quantitative estimate of drug-likeness (QED) is 0.461. The molecule has 0 radical (unpaired) electrons. The molecule has 0 fully saturated rings. The Hall–Kier alpha value is -1.11. The Balaban J connectivity index is 2.16. The van der Waals surface area contributed by atoms with Gasteiger partial charge in [0.2, 0.25) is 0 Å². The lowest BCUT2D eigenvalue weighted by Gasteiger charge is -2.12. The van der Waals surface area contributed by atoms with Crippen LogP contribution in [-0.2, 0) is 24.1 Å². The van der Waals surface area contributed by atoms with Crippen molar-refractivity contribution in [3.63, 3.8) is 0 Å². The van der Waals surface area contributed by atoms with Gasteiger partial charge in [-0.05, 0) is 31.2 Å². The predicted octanol–water partition coefficient (Wildman–Crippen LogP) is 3.26. The molecule has 6 heteroatoms. The van der Waals surface area contributed by atoms with E-state index in [4.69, 9.17) is 9.72 Å². The summed E-state index contributed by atoms with van der Waals surface area (Å²) in [5.41, 5.74) is 1.34. The normalized spacial score (nSPS) is 14.2. The SMILES string of the molecule is C=CCSc1nc2sc3c(c2c(=O)n1CCOC)CCCC3. The van der Waals surface area contributed by atoms with Gasteiger partial charge >= 0.3 is 0 Å². The lowest BCUT2D eigenvalue weighted by atomic mass is 9.97. The number of thiophene rings is 1. The lowest BCUT2D eigenvalue weighted by Crippen LogP contribution is -2.25. The largest absolute Gasteiger partial charge is 0.383 e. The molecule has 1 aliphatic rings. The molecule has 1 aliphatic carbocycles. The Morgan fingerprint density at radius 2 is 2.27 bits per heavy atom. The molecule has 0 saturated carbocycles. The van der Waals surface area contributed by atoms with Gasteiger partial charge in [-0.1, -0.05) is 17.8 Å². The zero-order chi connectivity index (χ0) is 15.5. The number of hydrogen-bond donors (Lipinski definition) is 0. The van der Waals surface area contributed by atoms with E-state index in [0.717, 1.165) is 34.0 Å². The van der Waals surface area contributed by atoms with Crippen molar-refractivity contribution in [3.05, 3.63) is 33.4 Å². The molecule has 0 aliphatic heterocycles. The van der Waals surface area contributed by atoms with Gasteiger partial charge in [0.15, 0.2) is 5.16 Å². The summed E-state index contributed by atoms with van der Waals surface area (Å²) < 4.78 is 6.92. The van der Waals surface area contributed by atoms with Crippen LogP contribution in [0.25, 0.3) is 10.2 Å². The highest BCUT2D eigenvalue weighted by Gasteiger charge is 2.21. The van der Waals surface area contributed by atoms with E-state index in [-0.39, 0.29) is 5.56 Å². The number of rotatable bonds is 6. The van der Waals surface area contributed by atoms with Gasteiger partial charge in [0.05, 0.1) is 18.5 Å². The summed E-state index contributed by atoms with van der Waals surface area (Å²) in [5, 5.41) is 1.62.